The predicted molar refractivity (Wildman–Crippen MR) is 232 cm³/mol. The highest BCUT2D eigenvalue weighted by Gasteiger charge is 2.49. The summed E-state index contributed by atoms with van der Waals surface area (Å²) in [5.41, 5.74) is 1.21. The molecular weight excluding hydrogens is 781 g/mol. The summed E-state index contributed by atoms with van der Waals surface area (Å²) < 4.78 is 52.7. The predicted octanol–water partition coefficient (Wildman–Crippen LogP) is 7.53. The zero-order chi connectivity index (χ0) is 42.9. The van der Waals surface area contributed by atoms with Crippen LogP contribution >= 0.6 is 0 Å². The number of methoxy groups -OCH3 is 3. The molecule has 0 bridgehead atoms. The van der Waals surface area contributed by atoms with Crippen LogP contribution in [0.3, 0.4) is 0 Å². The molecule has 1 aliphatic rings. The number of aromatic nitrogens is 2. The van der Waals surface area contributed by atoms with Gasteiger partial charge in [-0.1, -0.05) is 106 Å². The highest BCUT2D eigenvalue weighted by Crippen LogP contribution is 2.43. The Kier molecular flexibility index (Phi) is 14.7. The number of rotatable bonds is 19. The lowest BCUT2D eigenvalue weighted by molar-refractivity contribution is -0.106. The zero-order valence-electron chi connectivity index (χ0n) is 35.9. The van der Waals surface area contributed by atoms with Gasteiger partial charge in [-0.15, -0.1) is 0 Å². The van der Waals surface area contributed by atoms with Gasteiger partial charge in [-0.3, -0.25) is 9.36 Å². The molecule has 0 amide bonds. The van der Waals surface area contributed by atoms with E-state index >= 15 is 0 Å². The molecule has 320 valence electrons. The first kappa shape index (κ1) is 44.7. The smallest absolute Gasteiger partial charge is 0.335 e. The van der Waals surface area contributed by atoms with Gasteiger partial charge in [0.15, 0.2) is 14.5 Å². The van der Waals surface area contributed by atoms with Gasteiger partial charge >= 0.3 is 5.69 Å². The molecule has 1 aromatic heterocycles. The maximum Gasteiger partial charge on any atom is 0.335 e. The van der Waals surface area contributed by atoms with Gasteiger partial charge in [-0.05, 0) is 64.7 Å². The SMILES string of the molecule is COc1ccc(C(OC[C@H]2O[C@@H](n3ccc(=O)n(COCc4ccccc4)c3=O)[C@H](OC)[C@@H]2OCCO[Si](C)(C)C(C)(C)C)(c2ccccc2)c2ccc(OC)cc2)cc1. The number of benzene rings is 4. The van der Waals surface area contributed by atoms with Crippen molar-refractivity contribution in [1.82, 2.24) is 9.13 Å². The Morgan fingerprint density at radius 2 is 1.27 bits per heavy atom. The molecule has 4 atom stereocenters. The maximum atomic E-state index is 14.1. The second-order valence-electron chi connectivity index (χ2n) is 16.3. The lowest BCUT2D eigenvalue weighted by atomic mass is 9.80. The molecule has 13 heteroatoms. The second-order valence-corrected chi connectivity index (χ2v) is 21.1. The number of nitrogens with zero attached hydrogens (tertiary/aromatic N) is 2. The molecule has 0 spiro atoms. The van der Waals surface area contributed by atoms with E-state index < -0.39 is 49.7 Å². The van der Waals surface area contributed by atoms with E-state index in [1.807, 2.05) is 109 Å². The fourth-order valence-electron chi connectivity index (χ4n) is 7.17. The molecule has 0 unspecified atom stereocenters. The van der Waals surface area contributed by atoms with Crippen LogP contribution in [-0.4, -0.2) is 76.9 Å². The molecule has 1 saturated heterocycles. The molecular formula is C47H58N2O10Si. The quantitative estimate of drug-likeness (QED) is 0.0470. The fourth-order valence-corrected chi connectivity index (χ4v) is 8.20. The average Bonchev–Trinajstić information content (AvgIpc) is 3.61. The molecule has 5 aromatic rings. The summed E-state index contributed by atoms with van der Waals surface area (Å²) in [6, 6.07) is 36.4. The van der Waals surface area contributed by atoms with E-state index in [4.69, 9.17) is 37.6 Å². The van der Waals surface area contributed by atoms with Gasteiger partial charge in [0, 0.05) is 19.4 Å². The molecule has 0 saturated carbocycles. The normalized spacial score (nSPS) is 18.4. The van der Waals surface area contributed by atoms with Crippen molar-refractivity contribution in [1.29, 1.82) is 0 Å². The number of hydrogen-bond acceptors (Lipinski definition) is 10. The van der Waals surface area contributed by atoms with Gasteiger partial charge in [0.25, 0.3) is 5.56 Å². The van der Waals surface area contributed by atoms with E-state index in [2.05, 4.69) is 33.9 Å². The Bertz CT molecular complexity index is 2170. The zero-order valence-corrected chi connectivity index (χ0v) is 36.9. The van der Waals surface area contributed by atoms with Gasteiger partial charge in [0.1, 0.15) is 42.1 Å². The van der Waals surface area contributed by atoms with Crippen LogP contribution in [0.2, 0.25) is 18.1 Å². The maximum absolute atomic E-state index is 14.1. The highest BCUT2D eigenvalue weighted by atomic mass is 28.4. The summed E-state index contributed by atoms with van der Waals surface area (Å²) in [6.45, 7) is 11.5. The fraction of sp³-hybridized carbons (Fsp3) is 0.404. The van der Waals surface area contributed by atoms with Gasteiger partial charge in [-0.2, -0.15) is 0 Å². The van der Waals surface area contributed by atoms with Crippen molar-refractivity contribution < 1.29 is 37.6 Å². The van der Waals surface area contributed by atoms with Crippen LogP contribution in [0.25, 0.3) is 0 Å². The molecule has 0 N–H and O–H groups in total. The molecule has 2 heterocycles. The third-order valence-corrected chi connectivity index (χ3v) is 16.1. The van der Waals surface area contributed by atoms with Crippen LogP contribution in [0.4, 0.5) is 0 Å². The third kappa shape index (κ3) is 9.84. The number of ether oxygens (including phenoxy) is 7. The largest absolute Gasteiger partial charge is 0.497 e. The van der Waals surface area contributed by atoms with E-state index in [0.717, 1.165) is 26.8 Å². The van der Waals surface area contributed by atoms with E-state index in [1.165, 1.54) is 16.8 Å². The Hall–Kier alpha value is -4.86. The average molecular weight is 839 g/mol. The van der Waals surface area contributed by atoms with Crippen molar-refractivity contribution in [3.05, 3.63) is 165 Å². The van der Waals surface area contributed by atoms with Crippen LogP contribution in [0.5, 0.6) is 11.5 Å². The second kappa shape index (κ2) is 19.7. The lowest BCUT2D eigenvalue weighted by Crippen LogP contribution is -2.45. The van der Waals surface area contributed by atoms with Crippen LogP contribution in [-0.2, 0) is 47.0 Å². The minimum absolute atomic E-state index is 0.00560. The molecule has 12 nitrogen and oxygen atoms in total. The summed E-state index contributed by atoms with van der Waals surface area (Å²) >= 11 is 0. The molecule has 4 aromatic carbocycles. The van der Waals surface area contributed by atoms with Crippen molar-refractivity contribution in [2.24, 2.45) is 0 Å². The van der Waals surface area contributed by atoms with Crippen molar-refractivity contribution in [2.45, 2.75) is 82.4 Å². The van der Waals surface area contributed by atoms with Crippen molar-refractivity contribution in [3.8, 4) is 11.5 Å². The Morgan fingerprint density at radius 1 is 0.700 bits per heavy atom. The molecule has 0 radical (unpaired) electrons. The van der Waals surface area contributed by atoms with Crippen molar-refractivity contribution in [2.75, 3.05) is 41.2 Å². The standard InChI is InChI=1S/C47H58N2O10Si/c1-46(2,3)60(7,8)58-30-29-56-42-40(59-44(43(42)54-6)48-28-27-41(50)49(45(48)51)33-55-31-34-15-11-9-12-16-34)32-57-47(35-17-13-10-14-18-35,36-19-23-38(52-4)24-20-36)37-21-25-39(53-5)26-22-37/h9-28,40,42-44H,29-33H2,1-8H3/t40-,42-,43-,44-/m1/s1. The Balaban J connectivity index is 1.37. The van der Waals surface area contributed by atoms with Crippen LogP contribution < -0.4 is 20.7 Å². The van der Waals surface area contributed by atoms with E-state index in [9.17, 15) is 9.59 Å². The monoisotopic (exact) mass is 838 g/mol. The number of hydrogen-bond donors (Lipinski definition) is 0. The molecule has 6 rings (SSSR count). The topological polar surface area (TPSA) is 118 Å². The van der Waals surface area contributed by atoms with E-state index in [-0.39, 0.29) is 31.6 Å². The third-order valence-electron chi connectivity index (χ3n) is 11.6. The first-order valence-electron chi connectivity index (χ1n) is 20.2. The highest BCUT2D eigenvalue weighted by molar-refractivity contribution is 6.74. The Morgan fingerprint density at radius 3 is 1.82 bits per heavy atom. The molecule has 1 aliphatic heterocycles. The van der Waals surface area contributed by atoms with E-state index in [0.29, 0.717) is 18.1 Å². The van der Waals surface area contributed by atoms with Gasteiger partial charge in [0.2, 0.25) is 0 Å². The summed E-state index contributed by atoms with van der Waals surface area (Å²) in [6.07, 6.45) is -1.82. The summed E-state index contributed by atoms with van der Waals surface area (Å²) in [5.74, 6) is 1.40. The molecule has 60 heavy (non-hydrogen) atoms. The van der Waals surface area contributed by atoms with Crippen LogP contribution in [0.15, 0.2) is 131 Å². The summed E-state index contributed by atoms with van der Waals surface area (Å²) in [5, 5.41) is 0.0127. The summed E-state index contributed by atoms with van der Waals surface area (Å²) in [7, 11) is 2.73. The van der Waals surface area contributed by atoms with Crippen molar-refractivity contribution in [3.63, 3.8) is 0 Å². The Labute approximate surface area is 353 Å². The van der Waals surface area contributed by atoms with Gasteiger partial charge < -0.3 is 37.6 Å². The van der Waals surface area contributed by atoms with Gasteiger partial charge in [0.05, 0.1) is 40.6 Å². The molecule has 0 aliphatic carbocycles. The minimum atomic E-state index is -2.08. The lowest BCUT2D eigenvalue weighted by Gasteiger charge is -2.37. The van der Waals surface area contributed by atoms with Crippen molar-refractivity contribution >= 4 is 8.32 Å². The van der Waals surface area contributed by atoms with Crippen LogP contribution in [0, 0.1) is 0 Å². The first-order valence-corrected chi connectivity index (χ1v) is 23.1. The van der Waals surface area contributed by atoms with Gasteiger partial charge in [-0.25, -0.2) is 9.36 Å². The molecule has 1 fully saturated rings. The van der Waals surface area contributed by atoms with Crippen LogP contribution in [0.1, 0.15) is 49.3 Å². The minimum Gasteiger partial charge on any atom is -0.497 e. The van der Waals surface area contributed by atoms with E-state index in [1.54, 1.807) is 21.3 Å². The first-order chi connectivity index (χ1) is 28.8. The summed E-state index contributed by atoms with van der Waals surface area (Å²) in [4.78, 5) is 27.2.